The van der Waals surface area contributed by atoms with Gasteiger partial charge in [0.2, 0.25) is 0 Å². The molecule has 1 heterocycles. The van der Waals surface area contributed by atoms with Gasteiger partial charge in [0.25, 0.3) is 0 Å². The van der Waals surface area contributed by atoms with Crippen LogP contribution in [-0.2, 0) is 0 Å². The summed E-state index contributed by atoms with van der Waals surface area (Å²) in [4.78, 5) is 1.83. The SMILES string of the molecule is Oc1c(F)cc([C@@H](O)CN2C[C@H]3C[C@H](Oc4ccccc4F)C[C@@]3(O)C2)cc1F. The van der Waals surface area contributed by atoms with Gasteiger partial charge in [-0.05, 0) is 36.2 Å². The minimum atomic E-state index is -1.17. The molecule has 5 nitrogen and oxygen atoms in total. The average Bonchev–Trinajstić information content (AvgIpc) is 3.11. The minimum absolute atomic E-state index is 0.0163. The molecule has 29 heavy (non-hydrogen) atoms. The van der Waals surface area contributed by atoms with Crippen molar-refractivity contribution in [1.82, 2.24) is 4.90 Å². The van der Waals surface area contributed by atoms with Gasteiger partial charge in [-0.15, -0.1) is 0 Å². The molecule has 1 aliphatic carbocycles. The first-order valence-electron chi connectivity index (χ1n) is 9.47. The molecular formula is C21H22F3NO4. The molecule has 0 aromatic heterocycles. The van der Waals surface area contributed by atoms with Gasteiger partial charge in [0.1, 0.15) is 6.10 Å². The second kappa shape index (κ2) is 7.51. The van der Waals surface area contributed by atoms with Gasteiger partial charge in [0, 0.05) is 32.0 Å². The van der Waals surface area contributed by atoms with Crippen molar-refractivity contribution in [2.24, 2.45) is 5.92 Å². The fourth-order valence-electron chi connectivity index (χ4n) is 4.46. The first-order valence-corrected chi connectivity index (χ1v) is 9.47. The first-order chi connectivity index (χ1) is 13.7. The lowest BCUT2D eigenvalue weighted by atomic mass is 9.95. The van der Waals surface area contributed by atoms with Gasteiger partial charge < -0.3 is 20.1 Å². The fourth-order valence-corrected chi connectivity index (χ4v) is 4.46. The highest BCUT2D eigenvalue weighted by atomic mass is 19.1. The van der Waals surface area contributed by atoms with Crippen LogP contribution in [0, 0.1) is 23.4 Å². The third-order valence-corrected chi connectivity index (χ3v) is 5.85. The van der Waals surface area contributed by atoms with Gasteiger partial charge >= 0.3 is 0 Å². The third kappa shape index (κ3) is 3.92. The number of nitrogens with zero attached hydrogens (tertiary/aromatic N) is 1. The molecule has 2 fully saturated rings. The van der Waals surface area contributed by atoms with E-state index in [2.05, 4.69) is 0 Å². The molecule has 3 N–H and O–H groups in total. The lowest BCUT2D eigenvalue weighted by Gasteiger charge is -2.25. The fraction of sp³-hybridized carbons (Fsp3) is 0.429. The molecule has 0 spiro atoms. The maximum atomic E-state index is 13.8. The summed E-state index contributed by atoms with van der Waals surface area (Å²) < 4.78 is 46.5. The summed E-state index contributed by atoms with van der Waals surface area (Å²) in [7, 11) is 0. The molecule has 0 bridgehead atoms. The standard InChI is InChI=1S/C21H22F3NO4/c22-15-3-1-2-4-19(15)29-14-7-13-9-25(11-21(13,28)8-14)10-18(26)12-5-16(23)20(27)17(24)6-12/h1-6,13-14,18,26-28H,7-11H2/t13-,14+,18+,21-/m1/s1. The van der Waals surface area contributed by atoms with Gasteiger partial charge in [-0.2, -0.15) is 0 Å². The zero-order chi connectivity index (χ0) is 20.8. The Bertz CT molecular complexity index is 888. The molecule has 0 radical (unpaired) electrons. The highest BCUT2D eigenvalue weighted by Gasteiger charge is 2.52. The summed E-state index contributed by atoms with van der Waals surface area (Å²) in [5, 5.41) is 30.5. The van der Waals surface area contributed by atoms with Gasteiger partial charge in [-0.25, -0.2) is 13.2 Å². The van der Waals surface area contributed by atoms with Crippen molar-refractivity contribution in [2.45, 2.75) is 30.7 Å². The smallest absolute Gasteiger partial charge is 0.187 e. The number of ether oxygens (including phenoxy) is 1. The summed E-state index contributed by atoms with van der Waals surface area (Å²) in [6.07, 6.45) is -0.609. The predicted molar refractivity (Wildman–Crippen MR) is 97.9 cm³/mol. The summed E-state index contributed by atoms with van der Waals surface area (Å²) in [6, 6.07) is 7.92. The van der Waals surface area contributed by atoms with Crippen molar-refractivity contribution in [3.05, 3.63) is 59.4 Å². The van der Waals surface area contributed by atoms with Crippen molar-refractivity contribution >= 4 is 0 Å². The average molecular weight is 409 g/mol. The predicted octanol–water partition coefficient (Wildman–Crippen LogP) is 2.75. The van der Waals surface area contributed by atoms with Crippen LogP contribution in [0.2, 0.25) is 0 Å². The number of aliphatic hydroxyl groups is 2. The van der Waals surface area contributed by atoms with Crippen LogP contribution in [0.25, 0.3) is 0 Å². The first kappa shape index (κ1) is 20.0. The highest BCUT2D eigenvalue weighted by molar-refractivity contribution is 5.31. The molecule has 4 atom stereocenters. The Labute approximate surface area is 166 Å². The zero-order valence-corrected chi connectivity index (χ0v) is 15.6. The number of para-hydroxylation sites is 1. The molecule has 2 aromatic rings. The molecule has 4 rings (SSSR count). The second-order valence-electron chi connectivity index (χ2n) is 7.95. The number of β-amino-alcohol motifs (C(OH)–C–C–N with tert-alkyl or cyclic N) is 2. The number of hydrogen-bond donors (Lipinski definition) is 3. The van der Waals surface area contributed by atoms with E-state index in [9.17, 15) is 28.5 Å². The molecule has 8 heteroatoms. The summed E-state index contributed by atoms with van der Waals surface area (Å²) in [5.41, 5.74) is -1.01. The number of rotatable bonds is 5. The Hall–Kier alpha value is -2.29. The van der Waals surface area contributed by atoms with Crippen LogP contribution in [0.15, 0.2) is 36.4 Å². The summed E-state index contributed by atoms with van der Waals surface area (Å²) in [6.45, 7) is 0.837. The Morgan fingerprint density at radius 3 is 2.48 bits per heavy atom. The molecule has 1 saturated carbocycles. The maximum absolute atomic E-state index is 13.8. The Morgan fingerprint density at radius 1 is 1.14 bits per heavy atom. The number of phenols is 1. The molecule has 0 amide bonds. The number of benzene rings is 2. The minimum Gasteiger partial charge on any atom is -0.503 e. The number of aromatic hydroxyl groups is 1. The summed E-state index contributed by atoms with van der Waals surface area (Å²) in [5.74, 6) is -3.75. The Balaban J connectivity index is 1.37. The Morgan fingerprint density at radius 2 is 1.83 bits per heavy atom. The van der Waals surface area contributed by atoms with Gasteiger partial charge in [-0.3, -0.25) is 4.90 Å². The lowest BCUT2D eigenvalue weighted by molar-refractivity contribution is 0.0175. The normalized spacial score (nSPS) is 27.8. The van der Waals surface area contributed by atoms with E-state index in [1.54, 1.807) is 18.2 Å². The van der Waals surface area contributed by atoms with Crippen molar-refractivity contribution < 1.29 is 33.2 Å². The van der Waals surface area contributed by atoms with Crippen molar-refractivity contribution in [1.29, 1.82) is 0 Å². The molecule has 1 saturated heterocycles. The van der Waals surface area contributed by atoms with Gasteiger partial charge in [0.05, 0.1) is 11.7 Å². The number of hydrogen-bond acceptors (Lipinski definition) is 5. The van der Waals surface area contributed by atoms with Crippen LogP contribution in [0.1, 0.15) is 24.5 Å². The number of fused-ring (bicyclic) bond motifs is 1. The van der Waals surface area contributed by atoms with E-state index < -0.39 is 34.9 Å². The van der Waals surface area contributed by atoms with Crippen LogP contribution < -0.4 is 4.74 Å². The van der Waals surface area contributed by atoms with E-state index in [1.165, 1.54) is 6.07 Å². The van der Waals surface area contributed by atoms with E-state index in [4.69, 9.17) is 4.74 Å². The van der Waals surface area contributed by atoms with E-state index in [0.717, 1.165) is 12.1 Å². The molecule has 2 aromatic carbocycles. The molecule has 0 unspecified atom stereocenters. The lowest BCUT2D eigenvalue weighted by Crippen LogP contribution is -2.36. The monoisotopic (exact) mass is 409 g/mol. The van der Waals surface area contributed by atoms with Crippen LogP contribution in [0.5, 0.6) is 11.5 Å². The topological polar surface area (TPSA) is 73.2 Å². The van der Waals surface area contributed by atoms with E-state index in [-0.39, 0.29) is 36.4 Å². The number of halogens is 3. The zero-order valence-electron chi connectivity index (χ0n) is 15.6. The van der Waals surface area contributed by atoms with Crippen LogP contribution in [0.3, 0.4) is 0 Å². The molecular weight excluding hydrogens is 387 g/mol. The molecule has 156 valence electrons. The maximum Gasteiger partial charge on any atom is 0.187 e. The van der Waals surface area contributed by atoms with Crippen molar-refractivity contribution in [3.8, 4) is 11.5 Å². The highest BCUT2D eigenvalue weighted by Crippen LogP contribution is 2.43. The van der Waals surface area contributed by atoms with Crippen LogP contribution >= 0.6 is 0 Å². The van der Waals surface area contributed by atoms with E-state index >= 15 is 0 Å². The van der Waals surface area contributed by atoms with Gasteiger partial charge in [-0.1, -0.05) is 12.1 Å². The van der Waals surface area contributed by atoms with Gasteiger partial charge in [0.15, 0.2) is 29.0 Å². The van der Waals surface area contributed by atoms with Crippen molar-refractivity contribution in [3.63, 3.8) is 0 Å². The largest absolute Gasteiger partial charge is 0.503 e. The third-order valence-electron chi connectivity index (χ3n) is 5.85. The molecule has 2 aliphatic rings. The Kier molecular flexibility index (Phi) is 5.18. The summed E-state index contributed by atoms with van der Waals surface area (Å²) >= 11 is 0. The van der Waals surface area contributed by atoms with Crippen molar-refractivity contribution in [2.75, 3.05) is 19.6 Å². The quantitative estimate of drug-likeness (QED) is 0.708. The number of likely N-dealkylation sites (tertiary alicyclic amines) is 1. The number of phenolic OH excluding ortho intramolecular Hbond substituents is 1. The molecule has 1 aliphatic heterocycles. The second-order valence-corrected chi connectivity index (χ2v) is 7.95. The van der Waals surface area contributed by atoms with Crippen LogP contribution in [0.4, 0.5) is 13.2 Å². The van der Waals surface area contributed by atoms with Crippen LogP contribution in [-0.4, -0.2) is 51.6 Å². The van der Waals surface area contributed by atoms with E-state index in [0.29, 0.717) is 19.4 Å². The van der Waals surface area contributed by atoms with E-state index in [1.807, 2.05) is 4.90 Å². The number of aliphatic hydroxyl groups excluding tert-OH is 1.